The van der Waals surface area contributed by atoms with E-state index in [4.69, 9.17) is 4.74 Å². The molecule has 20 heavy (non-hydrogen) atoms. The van der Waals surface area contributed by atoms with Gasteiger partial charge in [0.15, 0.2) is 0 Å². The maximum Gasteiger partial charge on any atom is 0.0637 e. The SMILES string of the molecule is COC(C)(C)CC(C)NC(c1cccs1)C1CCCC1. The van der Waals surface area contributed by atoms with Crippen LogP contribution < -0.4 is 5.32 Å². The zero-order valence-electron chi connectivity index (χ0n) is 13.3. The van der Waals surface area contributed by atoms with Crippen LogP contribution >= 0.6 is 11.3 Å². The van der Waals surface area contributed by atoms with Crippen LogP contribution in [0.1, 0.15) is 63.8 Å². The molecule has 1 aliphatic rings. The number of ether oxygens (including phenoxy) is 1. The minimum absolute atomic E-state index is 0.0535. The molecular formula is C17H29NOS. The Morgan fingerprint density at radius 1 is 1.40 bits per heavy atom. The fourth-order valence-electron chi connectivity index (χ4n) is 3.40. The highest BCUT2D eigenvalue weighted by Gasteiger charge is 2.29. The summed E-state index contributed by atoms with van der Waals surface area (Å²) < 4.78 is 5.57. The molecule has 0 aromatic carbocycles. The van der Waals surface area contributed by atoms with Crippen LogP contribution in [0.2, 0.25) is 0 Å². The second kappa shape index (κ2) is 7.06. The first kappa shape index (κ1) is 16.0. The first-order valence-corrected chi connectivity index (χ1v) is 8.74. The van der Waals surface area contributed by atoms with E-state index in [0.717, 1.165) is 12.3 Å². The number of hydrogen-bond donors (Lipinski definition) is 1. The minimum Gasteiger partial charge on any atom is -0.379 e. The zero-order chi connectivity index (χ0) is 14.6. The van der Waals surface area contributed by atoms with Gasteiger partial charge < -0.3 is 10.1 Å². The number of methoxy groups -OCH3 is 1. The average molecular weight is 295 g/mol. The molecule has 1 fully saturated rings. The van der Waals surface area contributed by atoms with Crippen molar-refractivity contribution in [3.8, 4) is 0 Å². The molecule has 0 spiro atoms. The largest absolute Gasteiger partial charge is 0.379 e. The van der Waals surface area contributed by atoms with E-state index in [-0.39, 0.29) is 5.60 Å². The quantitative estimate of drug-likeness (QED) is 0.782. The third kappa shape index (κ3) is 4.31. The lowest BCUT2D eigenvalue weighted by Crippen LogP contribution is -2.39. The van der Waals surface area contributed by atoms with Gasteiger partial charge in [0.2, 0.25) is 0 Å². The molecule has 0 bridgehead atoms. The topological polar surface area (TPSA) is 21.3 Å². The summed E-state index contributed by atoms with van der Waals surface area (Å²) in [5.41, 5.74) is -0.0535. The lowest BCUT2D eigenvalue weighted by atomic mass is 9.93. The second-order valence-corrected chi connectivity index (χ2v) is 7.75. The van der Waals surface area contributed by atoms with E-state index in [9.17, 15) is 0 Å². The molecule has 2 nitrogen and oxygen atoms in total. The molecule has 0 radical (unpaired) electrons. The molecule has 0 aliphatic heterocycles. The van der Waals surface area contributed by atoms with E-state index < -0.39 is 0 Å². The molecule has 1 saturated carbocycles. The van der Waals surface area contributed by atoms with Crippen molar-refractivity contribution in [2.75, 3.05) is 7.11 Å². The molecule has 0 saturated heterocycles. The van der Waals surface area contributed by atoms with Gasteiger partial charge in [0, 0.05) is 24.1 Å². The molecule has 2 atom stereocenters. The highest BCUT2D eigenvalue weighted by atomic mass is 32.1. The average Bonchev–Trinajstić information content (AvgIpc) is 3.08. The molecule has 2 rings (SSSR count). The lowest BCUT2D eigenvalue weighted by Gasteiger charge is -2.32. The molecule has 1 aromatic heterocycles. The van der Waals surface area contributed by atoms with Gasteiger partial charge in [0.25, 0.3) is 0 Å². The van der Waals surface area contributed by atoms with Gasteiger partial charge in [0.05, 0.1) is 5.60 Å². The van der Waals surface area contributed by atoms with Gasteiger partial charge in [-0.3, -0.25) is 0 Å². The van der Waals surface area contributed by atoms with Gasteiger partial charge in [0.1, 0.15) is 0 Å². The Morgan fingerprint density at radius 2 is 2.10 bits per heavy atom. The fraction of sp³-hybridized carbons (Fsp3) is 0.765. The molecule has 3 heteroatoms. The van der Waals surface area contributed by atoms with E-state index in [2.05, 4.69) is 43.6 Å². The fourth-order valence-corrected chi connectivity index (χ4v) is 4.27. The maximum atomic E-state index is 5.57. The van der Waals surface area contributed by atoms with Gasteiger partial charge in [-0.1, -0.05) is 18.9 Å². The summed E-state index contributed by atoms with van der Waals surface area (Å²) in [5, 5.41) is 6.08. The molecule has 1 N–H and O–H groups in total. The van der Waals surface area contributed by atoms with Crippen LogP contribution in [0.5, 0.6) is 0 Å². The van der Waals surface area contributed by atoms with Gasteiger partial charge in [-0.2, -0.15) is 0 Å². The van der Waals surface area contributed by atoms with E-state index in [1.54, 1.807) is 7.11 Å². The van der Waals surface area contributed by atoms with Crippen LogP contribution in [0.25, 0.3) is 0 Å². The standard InChI is InChI=1S/C17H29NOS/c1-13(12-17(2,3)19-4)18-16(14-8-5-6-9-14)15-10-7-11-20-15/h7,10-11,13-14,16,18H,5-6,8-9,12H2,1-4H3. The summed E-state index contributed by atoms with van der Waals surface area (Å²) >= 11 is 1.89. The van der Waals surface area contributed by atoms with Crippen LogP contribution in [0.4, 0.5) is 0 Å². The molecule has 0 amide bonds. The molecule has 2 unspecified atom stereocenters. The van der Waals surface area contributed by atoms with Crippen molar-refractivity contribution in [3.05, 3.63) is 22.4 Å². The van der Waals surface area contributed by atoms with Crippen LogP contribution in [0.15, 0.2) is 17.5 Å². The van der Waals surface area contributed by atoms with Gasteiger partial charge >= 0.3 is 0 Å². The van der Waals surface area contributed by atoms with E-state index in [1.807, 2.05) is 11.3 Å². The van der Waals surface area contributed by atoms with E-state index in [0.29, 0.717) is 12.1 Å². The summed E-state index contributed by atoms with van der Waals surface area (Å²) in [7, 11) is 1.81. The number of nitrogens with one attached hydrogen (secondary N) is 1. The lowest BCUT2D eigenvalue weighted by molar-refractivity contribution is 0.00703. The van der Waals surface area contributed by atoms with Crippen LogP contribution in [0, 0.1) is 5.92 Å². The third-order valence-electron chi connectivity index (χ3n) is 4.54. The second-order valence-electron chi connectivity index (χ2n) is 6.77. The minimum atomic E-state index is -0.0535. The first-order valence-electron chi connectivity index (χ1n) is 7.86. The molecule has 1 heterocycles. The Balaban J connectivity index is 2.00. The summed E-state index contributed by atoms with van der Waals surface area (Å²) in [6, 6.07) is 5.46. The Kier molecular flexibility index (Phi) is 5.65. The normalized spacial score (nSPS) is 20.2. The van der Waals surface area contributed by atoms with Crippen molar-refractivity contribution >= 4 is 11.3 Å². The smallest absolute Gasteiger partial charge is 0.0637 e. The predicted octanol–water partition coefficient (Wildman–Crippen LogP) is 4.77. The first-order chi connectivity index (χ1) is 9.52. The Hall–Kier alpha value is -0.380. The van der Waals surface area contributed by atoms with Crippen molar-refractivity contribution < 1.29 is 4.74 Å². The van der Waals surface area contributed by atoms with Gasteiger partial charge in [-0.05, 0) is 57.4 Å². The van der Waals surface area contributed by atoms with Gasteiger partial charge in [-0.25, -0.2) is 0 Å². The highest BCUT2D eigenvalue weighted by molar-refractivity contribution is 7.10. The van der Waals surface area contributed by atoms with E-state index in [1.165, 1.54) is 30.6 Å². The summed E-state index contributed by atoms with van der Waals surface area (Å²) in [6.07, 6.45) is 6.57. The maximum absolute atomic E-state index is 5.57. The van der Waals surface area contributed by atoms with E-state index >= 15 is 0 Å². The van der Waals surface area contributed by atoms with Crippen molar-refractivity contribution in [2.24, 2.45) is 5.92 Å². The zero-order valence-corrected chi connectivity index (χ0v) is 14.1. The third-order valence-corrected chi connectivity index (χ3v) is 5.49. The van der Waals surface area contributed by atoms with Crippen LogP contribution in [-0.2, 0) is 4.74 Å². The van der Waals surface area contributed by atoms with Crippen LogP contribution in [-0.4, -0.2) is 18.8 Å². The van der Waals surface area contributed by atoms with Crippen molar-refractivity contribution in [2.45, 2.75) is 70.6 Å². The Bertz CT molecular complexity index is 382. The molecule has 1 aliphatic carbocycles. The van der Waals surface area contributed by atoms with Crippen molar-refractivity contribution in [1.82, 2.24) is 5.32 Å². The molecule has 114 valence electrons. The molecule has 1 aromatic rings. The number of thiophene rings is 1. The summed E-state index contributed by atoms with van der Waals surface area (Å²) in [4.78, 5) is 1.50. The van der Waals surface area contributed by atoms with Gasteiger partial charge in [-0.15, -0.1) is 11.3 Å². The monoisotopic (exact) mass is 295 g/mol. The highest BCUT2D eigenvalue weighted by Crippen LogP contribution is 2.38. The number of rotatable bonds is 7. The molecular weight excluding hydrogens is 266 g/mol. The predicted molar refractivity (Wildman–Crippen MR) is 87.3 cm³/mol. The van der Waals surface area contributed by atoms with Crippen LogP contribution in [0.3, 0.4) is 0 Å². The van der Waals surface area contributed by atoms with Crippen molar-refractivity contribution in [3.63, 3.8) is 0 Å². The number of hydrogen-bond acceptors (Lipinski definition) is 3. The van der Waals surface area contributed by atoms with Crippen molar-refractivity contribution in [1.29, 1.82) is 0 Å². The Labute approximate surface area is 127 Å². The summed E-state index contributed by atoms with van der Waals surface area (Å²) in [5.74, 6) is 0.807. The Morgan fingerprint density at radius 3 is 2.65 bits per heavy atom. The summed E-state index contributed by atoms with van der Waals surface area (Å²) in [6.45, 7) is 6.62.